The van der Waals surface area contributed by atoms with E-state index in [0.29, 0.717) is 4.90 Å². The maximum absolute atomic E-state index is 12.1. The van der Waals surface area contributed by atoms with E-state index in [1.807, 2.05) is 0 Å². The highest BCUT2D eigenvalue weighted by Gasteiger charge is 2.23. The minimum absolute atomic E-state index is 0.0989. The van der Waals surface area contributed by atoms with Gasteiger partial charge in [0.25, 0.3) is 11.6 Å². The largest absolute Gasteiger partial charge is 0.480 e. The fourth-order valence-electron chi connectivity index (χ4n) is 1.51. The number of rotatable bonds is 6. The standard InChI is InChI=1S/C11H9ClN2O7/c12-7-1-6(2-8(3-7)14(20)21)11(19)13(4-9(15)16)5-10(17)18/h1-3H,4-5H2,(H,15,16)(H,17,18). The van der Waals surface area contributed by atoms with E-state index < -0.39 is 41.5 Å². The lowest BCUT2D eigenvalue weighted by molar-refractivity contribution is -0.384. The van der Waals surface area contributed by atoms with Crippen LogP contribution in [0.15, 0.2) is 18.2 Å². The minimum atomic E-state index is -1.42. The lowest BCUT2D eigenvalue weighted by Crippen LogP contribution is -2.39. The fraction of sp³-hybridized carbons (Fsp3) is 0.182. The Balaban J connectivity index is 3.16. The van der Waals surface area contributed by atoms with E-state index in [2.05, 4.69) is 0 Å². The van der Waals surface area contributed by atoms with Gasteiger partial charge in [0, 0.05) is 22.7 Å². The average Bonchev–Trinajstić information content (AvgIpc) is 2.35. The molecule has 9 nitrogen and oxygen atoms in total. The van der Waals surface area contributed by atoms with Crippen molar-refractivity contribution in [2.24, 2.45) is 0 Å². The van der Waals surface area contributed by atoms with E-state index in [1.165, 1.54) is 0 Å². The summed E-state index contributed by atoms with van der Waals surface area (Å²) < 4.78 is 0. The highest BCUT2D eigenvalue weighted by molar-refractivity contribution is 6.31. The van der Waals surface area contributed by atoms with Crippen molar-refractivity contribution in [1.82, 2.24) is 4.90 Å². The second-order valence-electron chi connectivity index (χ2n) is 3.90. The average molecular weight is 317 g/mol. The van der Waals surface area contributed by atoms with Crippen LogP contribution in [0.5, 0.6) is 0 Å². The number of nitro groups is 1. The number of carbonyl (C=O) groups is 3. The summed E-state index contributed by atoms with van der Waals surface area (Å²) in [5.41, 5.74) is -0.729. The molecule has 0 saturated carbocycles. The number of aliphatic carboxylic acids is 2. The third-order valence-corrected chi connectivity index (χ3v) is 2.50. The molecule has 1 rings (SSSR count). The molecule has 0 aliphatic rings. The minimum Gasteiger partial charge on any atom is -0.480 e. The molecule has 0 bridgehead atoms. The predicted molar refractivity (Wildman–Crippen MR) is 69.3 cm³/mol. The van der Waals surface area contributed by atoms with Crippen molar-refractivity contribution in [1.29, 1.82) is 0 Å². The third-order valence-electron chi connectivity index (χ3n) is 2.28. The molecule has 0 radical (unpaired) electrons. The van der Waals surface area contributed by atoms with Crippen LogP contribution in [0.1, 0.15) is 10.4 Å². The number of hydrogen-bond acceptors (Lipinski definition) is 5. The van der Waals surface area contributed by atoms with Gasteiger partial charge in [-0.1, -0.05) is 11.6 Å². The molecule has 1 aromatic rings. The van der Waals surface area contributed by atoms with Crippen LogP contribution in [-0.4, -0.2) is 51.0 Å². The molecule has 1 aromatic carbocycles. The van der Waals surface area contributed by atoms with Gasteiger partial charge in [-0.2, -0.15) is 0 Å². The quantitative estimate of drug-likeness (QED) is 0.586. The van der Waals surface area contributed by atoms with Crippen LogP contribution < -0.4 is 0 Å². The van der Waals surface area contributed by atoms with Gasteiger partial charge in [-0.15, -0.1) is 0 Å². The second kappa shape index (κ2) is 6.66. The Morgan fingerprint density at radius 1 is 1.14 bits per heavy atom. The molecule has 0 unspecified atom stereocenters. The molecule has 0 aliphatic heterocycles. The number of nitrogens with zero attached hydrogens (tertiary/aromatic N) is 2. The van der Waals surface area contributed by atoms with Gasteiger partial charge in [-0.25, -0.2) is 0 Å². The van der Waals surface area contributed by atoms with Crippen LogP contribution in [0, 0.1) is 10.1 Å². The maximum Gasteiger partial charge on any atom is 0.323 e. The Kier molecular flexibility index (Phi) is 5.19. The van der Waals surface area contributed by atoms with Gasteiger partial charge in [0.1, 0.15) is 13.1 Å². The molecule has 0 aliphatic carbocycles. The van der Waals surface area contributed by atoms with Crippen molar-refractivity contribution in [3.63, 3.8) is 0 Å². The van der Waals surface area contributed by atoms with Gasteiger partial charge in [-0.3, -0.25) is 24.5 Å². The highest BCUT2D eigenvalue weighted by atomic mass is 35.5. The zero-order chi connectivity index (χ0) is 16.2. The first-order valence-corrected chi connectivity index (χ1v) is 5.76. The summed E-state index contributed by atoms with van der Waals surface area (Å²) in [6.45, 7) is -1.71. The van der Waals surface area contributed by atoms with Gasteiger partial charge in [-0.05, 0) is 6.07 Å². The summed E-state index contributed by atoms with van der Waals surface area (Å²) in [6.07, 6.45) is 0. The Morgan fingerprint density at radius 3 is 2.10 bits per heavy atom. The number of carboxylic acids is 2. The van der Waals surface area contributed by atoms with Gasteiger partial charge in [0.2, 0.25) is 0 Å². The van der Waals surface area contributed by atoms with Crippen LogP contribution in [0.4, 0.5) is 5.69 Å². The molecular weight excluding hydrogens is 308 g/mol. The first-order chi connectivity index (χ1) is 9.70. The molecule has 0 aromatic heterocycles. The summed E-state index contributed by atoms with van der Waals surface area (Å²) in [5.74, 6) is -3.81. The van der Waals surface area contributed by atoms with Gasteiger partial charge >= 0.3 is 11.9 Å². The van der Waals surface area contributed by atoms with Crippen LogP contribution in [0.3, 0.4) is 0 Å². The Bertz CT molecular complexity index is 601. The molecule has 2 N–H and O–H groups in total. The number of benzene rings is 1. The van der Waals surface area contributed by atoms with Crippen LogP contribution in [0.25, 0.3) is 0 Å². The molecular formula is C11H9ClN2O7. The topological polar surface area (TPSA) is 138 Å². The molecule has 1 amide bonds. The van der Waals surface area contributed by atoms with E-state index in [-0.39, 0.29) is 10.6 Å². The first kappa shape index (κ1) is 16.4. The van der Waals surface area contributed by atoms with Crippen LogP contribution in [0.2, 0.25) is 5.02 Å². The van der Waals surface area contributed by atoms with Crippen LogP contribution >= 0.6 is 11.6 Å². The second-order valence-corrected chi connectivity index (χ2v) is 4.34. The van der Waals surface area contributed by atoms with Crippen molar-refractivity contribution in [3.05, 3.63) is 38.9 Å². The predicted octanol–water partition coefficient (Wildman–Crippen LogP) is 0.860. The van der Waals surface area contributed by atoms with Gasteiger partial charge in [0.15, 0.2) is 0 Å². The summed E-state index contributed by atoms with van der Waals surface area (Å²) in [4.78, 5) is 43.8. The summed E-state index contributed by atoms with van der Waals surface area (Å²) in [5, 5.41) is 27.9. The Morgan fingerprint density at radius 2 is 1.67 bits per heavy atom. The number of halogens is 1. The molecule has 112 valence electrons. The van der Waals surface area contributed by atoms with E-state index in [0.717, 1.165) is 18.2 Å². The zero-order valence-corrected chi connectivity index (χ0v) is 11.1. The van der Waals surface area contributed by atoms with Crippen molar-refractivity contribution in [2.75, 3.05) is 13.1 Å². The number of carboxylic acid groups (broad SMARTS) is 2. The number of hydrogen-bond donors (Lipinski definition) is 2. The van der Waals surface area contributed by atoms with Gasteiger partial charge in [0.05, 0.1) is 4.92 Å². The highest BCUT2D eigenvalue weighted by Crippen LogP contribution is 2.21. The summed E-state index contributed by atoms with van der Waals surface area (Å²) in [7, 11) is 0. The molecule has 0 heterocycles. The fourth-order valence-corrected chi connectivity index (χ4v) is 1.74. The molecule has 21 heavy (non-hydrogen) atoms. The van der Waals surface area contributed by atoms with Crippen molar-refractivity contribution < 1.29 is 29.5 Å². The Labute approximate surface area is 122 Å². The monoisotopic (exact) mass is 316 g/mol. The smallest absolute Gasteiger partial charge is 0.323 e. The number of nitro benzene ring substituents is 1. The van der Waals surface area contributed by atoms with Crippen molar-refractivity contribution in [2.45, 2.75) is 0 Å². The third kappa shape index (κ3) is 4.73. The summed E-state index contributed by atoms with van der Waals surface area (Å²) >= 11 is 5.65. The lowest BCUT2D eigenvalue weighted by Gasteiger charge is -2.18. The van der Waals surface area contributed by atoms with E-state index in [9.17, 15) is 24.5 Å². The molecule has 0 saturated heterocycles. The number of non-ortho nitro benzene ring substituents is 1. The molecule has 0 fully saturated rings. The molecule has 0 spiro atoms. The molecule has 10 heteroatoms. The maximum atomic E-state index is 12.1. The number of amides is 1. The lowest BCUT2D eigenvalue weighted by atomic mass is 10.1. The SMILES string of the molecule is O=C(O)CN(CC(=O)O)C(=O)c1cc(Cl)cc([N+](=O)[O-])c1. The van der Waals surface area contributed by atoms with E-state index in [1.54, 1.807) is 0 Å². The number of carbonyl (C=O) groups excluding carboxylic acids is 1. The normalized spacial score (nSPS) is 9.95. The van der Waals surface area contributed by atoms with Crippen molar-refractivity contribution in [3.8, 4) is 0 Å². The Hall–Kier alpha value is -2.68. The molecule has 0 atom stereocenters. The zero-order valence-electron chi connectivity index (χ0n) is 10.4. The summed E-state index contributed by atoms with van der Waals surface area (Å²) in [6, 6.07) is 3.00. The van der Waals surface area contributed by atoms with Crippen molar-refractivity contribution >= 4 is 35.1 Å². The van der Waals surface area contributed by atoms with E-state index in [4.69, 9.17) is 21.8 Å². The van der Waals surface area contributed by atoms with Gasteiger partial charge < -0.3 is 15.1 Å². The van der Waals surface area contributed by atoms with Crippen LogP contribution in [-0.2, 0) is 9.59 Å². The van der Waals surface area contributed by atoms with E-state index >= 15 is 0 Å². The first-order valence-electron chi connectivity index (χ1n) is 5.38.